The van der Waals surface area contributed by atoms with Crippen molar-refractivity contribution in [3.05, 3.63) is 119 Å². The van der Waals surface area contributed by atoms with Gasteiger partial charge in [-0.2, -0.15) is 0 Å². The first-order valence-corrected chi connectivity index (χ1v) is 14.1. The molecule has 0 unspecified atom stereocenters. The number of carboxylic acid groups (broad SMARTS) is 1. The molecule has 4 aromatic carbocycles. The van der Waals surface area contributed by atoms with Gasteiger partial charge in [0.25, 0.3) is 0 Å². The van der Waals surface area contributed by atoms with Gasteiger partial charge in [0.15, 0.2) is 0 Å². The zero-order valence-electron chi connectivity index (χ0n) is 23.1. The Morgan fingerprint density at radius 1 is 0.925 bits per heavy atom. The van der Waals surface area contributed by atoms with E-state index >= 15 is 0 Å². The number of nitrogens with one attached hydrogen (secondary N) is 1. The molecular weight excluding hydrogens is 561 g/mol. The summed E-state index contributed by atoms with van der Waals surface area (Å²) >= 11 is 6.00. The van der Waals surface area contributed by atoms with Crippen molar-refractivity contribution in [2.75, 3.05) is 6.54 Å². The van der Waals surface area contributed by atoms with Crippen molar-refractivity contribution in [2.24, 2.45) is 0 Å². The minimum atomic E-state index is -3.74. The average Bonchev–Trinajstić information content (AvgIpc) is 2.92. The molecule has 0 aliphatic heterocycles. The number of ether oxygens (including phenoxy) is 1. The molecule has 204 valence electrons. The van der Waals surface area contributed by atoms with Crippen LogP contribution in [-0.4, -0.2) is 37.2 Å². The molecule has 0 aromatic heterocycles. The first kappa shape index (κ1) is 31.8. The number of aromatic carboxylic acids is 1. The van der Waals surface area contributed by atoms with Crippen LogP contribution in [0, 0.1) is 0 Å². The molecule has 0 radical (unpaired) electrons. The van der Waals surface area contributed by atoms with E-state index in [1.54, 1.807) is 54.6 Å². The van der Waals surface area contributed by atoms with Crippen LogP contribution in [0.15, 0.2) is 107 Å². The molecule has 0 heterocycles. The Labute approximate surface area is 262 Å². The third-order valence-electron chi connectivity index (χ3n) is 6.12. The van der Waals surface area contributed by atoms with Crippen LogP contribution >= 0.6 is 11.6 Å². The fourth-order valence-corrected chi connectivity index (χ4v) is 5.49. The molecule has 0 saturated heterocycles. The van der Waals surface area contributed by atoms with Gasteiger partial charge >= 0.3 is 35.5 Å². The van der Waals surface area contributed by atoms with Gasteiger partial charge in [-0.15, -0.1) is 0 Å². The Morgan fingerprint density at radius 3 is 2.17 bits per heavy atom. The molecule has 0 bridgehead atoms. The Morgan fingerprint density at radius 2 is 1.55 bits per heavy atom. The van der Waals surface area contributed by atoms with E-state index in [1.165, 1.54) is 36.4 Å². The second-order valence-corrected chi connectivity index (χ2v) is 11.5. The Kier molecular flexibility index (Phi) is 11.4. The smallest absolute Gasteiger partial charge is 1.00 e. The van der Waals surface area contributed by atoms with E-state index in [-0.39, 0.29) is 52.4 Å². The van der Waals surface area contributed by atoms with E-state index in [0.29, 0.717) is 29.5 Å². The number of rotatable bonds is 11. The summed E-state index contributed by atoms with van der Waals surface area (Å²) in [7, 11) is -3.74. The quantitative estimate of drug-likeness (QED) is 0.231. The fourth-order valence-electron chi connectivity index (χ4n) is 4.03. The molecule has 0 spiro atoms. The second kappa shape index (κ2) is 14.3. The predicted octanol–water partition coefficient (Wildman–Crippen LogP) is 3.03. The monoisotopic (exact) mass is 589 g/mol. The van der Waals surface area contributed by atoms with Gasteiger partial charge in [0, 0.05) is 17.6 Å². The zero-order valence-corrected chi connectivity index (χ0v) is 25.7. The van der Waals surface area contributed by atoms with Gasteiger partial charge in [0.1, 0.15) is 11.5 Å². The zero-order chi connectivity index (χ0) is 28.0. The van der Waals surface area contributed by atoms with E-state index in [2.05, 4.69) is 5.32 Å². The summed E-state index contributed by atoms with van der Waals surface area (Å²) < 4.78 is 31.9. The van der Waals surface area contributed by atoms with Crippen LogP contribution in [0.4, 0.5) is 0 Å². The average molecular weight is 590 g/mol. The maximum absolute atomic E-state index is 13.1. The van der Waals surface area contributed by atoms with Crippen LogP contribution in [-0.2, 0) is 16.3 Å². The standard InChI is InChI=1S/C30H28ClNO6S.Na.H/c1-20(32-19-29(33)22-4-2-6-24(31)17-22)16-21-8-12-27(13-9-21)39(36,37)28-14-10-25(11-15-28)38-26-7-3-5-23(18-26)30(34)35;;/h2-15,17-18,20,29,32-33H,16,19H2,1H3,(H,34,35);;/q;+1;-1/t20-,29-;;/m1../s1. The van der Waals surface area contributed by atoms with Crippen molar-refractivity contribution in [3.8, 4) is 11.5 Å². The minimum absolute atomic E-state index is 0. The topological polar surface area (TPSA) is 113 Å². The second-order valence-electron chi connectivity index (χ2n) is 9.14. The van der Waals surface area contributed by atoms with Crippen molar-refractivity contribution in [1.29, 1.82) is 0 Å². The van der Waals surface area contributed by atoms with E-state index in [1.807, 2.05) is 13.0 Å². The van der Waals surface area contributed by atoms with Crippen LogP contribution in [0.2, 0.25) is 5.02 Å². The molecule has 40 heavy (non-hydrogen) atoms. The molecule has 0 aliphatic rings. The molecule has 0 aliphatic carbocycles. The third-order valence-corrected chi connectivity index (χ3v) is 8.14. The van der Waals surface area contributed by atoms with Gasteiger partial charge in [-0.25, -0.2) is 13.2 Å². The third kappa shape index (κ3) is 8.41. The summed E-state index contributed by atoms with van der Waals surface area (Å²) in [6.45, 7) is 2.36. The van der Waals surface area contributed by atoms with Gasteiger partial charge in [-0.1, -0.05) is 41.9 Å². The van der Waals surface area contributed by atoms with Crippen molar-refractivity contribution in [3.63, 3.8) is 0 Å². The van der Waals surface area contributed by atoms with Crippen LogP contribution < -0.4 is 39.6 Å². The maximum atomic E-state index is 13.1. The van der Waals surface area contributed by atoms with Crippen molar-refractivity contribution in [1.82, 2.24) is 5.32 Å². The maximum Gasteiger partial charge on any atom is 1.00 e. The summed E-state index contributed by atoms with van der Waals surface area (Å²) in [4.78, 5) is 11.4. The molecule has 7 nitrogen and oxygen atoms in total. The largest absolute Gasteiger partial charge is 1.00 e. The molecule has 4 aromatic rings. The number of carbonyl (C=O) groups is 1. The van der Waals surface area contributed by atoms with Crippen LogP contribution in [0.5, 0.6) is 11.5 Å². The van der Waals surface area contributed by atoms with Crippen molar-refractivity contribution < 1.29 is 59.1 Å². The number of hydrogen-bond acceptors (Lipinski definition) is 6. The van der Waals surface area contributed by atoms with Gasteiger partial charge in [-0.3, -0.25) is 0 Å². The Bertz CT molecular complexity index is 1550. The van der Waals surface area contributed by atoms with Crippen LogP contribution in [0.1, 0.15) is 35.9 Å². The summed E-state index contributed by atoms with van der Waals surface area (Å²) in [6.07, 6.45) is -0.0390. The SMILES string of the molecule is C[C@H](Cc1ccc(S(=O)(=O)c2ccc(Oc3cccc(C(=O)O)c3)cc2)cc1)NC[C@@H](O)c1cccc(Cl)c1.[H-].[Na+]. The number of sulfone groups is 1. The molecule has 0 amide bonds. The van der Waals surface area contributed by atoms with E-state index < -0.39 is 21.9 Å². The minimum Gasteiger partial charge on any atom is -1.00 e. The van der Waals surface area contributed by atoms with Crippen molar-refractivity contribution in [2.45, 2.75) is 35.3 Å². The number of hydrogen-bond donors (Lipinski definition) is 3. The van der Waals surface area contributed by atoms with E-state index in [0.717, 1.165) is 11.1 Å². The van der Waals surface area contributed by atoms with Gasteiger partial charge in [0.2, 0.25) is 9.84 Å². The molecule has 3 N–H and O–H groups in total. The number of aliphatic hydroxyl groups is 1. The number of carboxylic acids is 1. The van der Waals surface area contributed by atoms with E-state index in [4.69, 9.17) is 21.4 Å². The molecule has 10 heteroatoms. The van der Waals surface area contributed by atoms with E-state index in [9.17, 15) is 18.3 Å². The summed E-state index contributed by atoms with van der Waals surface area (Å²) in [6, 6.07) is 25.9. The van der Waals surface area contributed by atoms with Crippen LogP contribution in [0.25, 0.3) is 0 Å². The Balaban J connectivity index is 0.00000294. The number of halogens is 1. The van der Waals surface area contributed by atoms with Crippen molar-refractivity contribution >= 4 is 27.4 Å². The summed E-state index contributed by atoms with van der Waals surface area (Å²) in [5, 5.41) is 23.4. The molecule has 2 atom stereocenters. The first-order chi connectivity index (χ1) is 18.6. The molecule has 4 rings (SSSR count). The van der Waals surface area contributed by atoms with Gasteiger partial charge < -0.3 is 21.7 Å². The number of benzene rings is 4. The number of aliphatic hydroxyl groups excluding tert-OH is 1. The fraction of sp³-hybridized carbons (Fsp3) is 0.167. The van der Waals surface area contributed by atoms with Gasteiger partial charge in [-0.05, 0) is 91.2 Å². The molecule has 0 saturated carbocycles. The normalized spacial score (nSPS) is 12.7. The molecule has 0 fully saturated rings. The first-order valence-electron chi connectivity index (χ1n) is 12.2. The molecular formula is C30H29ClNNaO6S. The summed E-state index contributed by atoms with van der Waals surface area (Å²) in [5.74, 6) is -0.344. The summed E-state index contributed by atoms with van der Waals surface area (Å²) in [5.41, 5.74) is 1.79. The van der Waals surface area contributed by atoms with Gasteiger partial charge in [0.05, 0.1) is 21.5 Å². The van der Waals surface area contributed by atoms with Crippen LogP contribution in [0.3, 0.4) is 0 Å². The Hall–Kier alpha value is -2.69. The predicted molar refractivity (Wildman–Crippen MR) is 151 cm³/mol.